The minimum atomic E-state index is -0.325. The molecular weight excluding hydrogens is 312 g/mol. The third kappa shape index (κ3) is 4.81. The molecule has 0 atom stereocenters. The number of carbonyl (C=O) groups excluding carboxylic acids is 1. The average Bonchev–Trinajstić information content (AvgIpc) is 2.56. The highest BCUT2D eigenvalue weighted by molar-refractivity contribution is 5.99. The summed E-state index contributed by atoms with van der Waals surface area (Å²) < 4.78 is 0. The van der Waals surface area contributed by atoms with E-state index in [2.05, 4.69) is 53.0 Å². The Hall–Kier alpha value is -3.34. The number of hydrogen-bond donors (Lipinski definition) is 3. The molecule has 1 aromatic heterocycles. The van der Waals surface area contributed by atoms with E-state index in [1.54, 1.807) is 12.3 Å². The van der Waals surface area contributed by atoms with Crippen molar-refractivity contribution < 1.29 is 4.79 Å². The van der Waals surface area contributed by atoms with Crippen molar-refractivity contribution in [2.45, 2.75) is 13.8 Å². The van der Waals surface area contributed by atoms with Crippen molar-refractivity contribution in [1.29, 1.82) is 0 Å². The van der Waals surface area contributed by atoms with Gasteiger partial charge in [-0.1, -0.05) is 24.3 Å². The van der Waals surface area contributed by atoms with Gasteiger partial charge in [-0.25, -0.2) is 9.78 Å². The molecule has 5 nitrogen and oxygen atoms in total. The zero-order valence-electron chi connectivity index (χ0n) is 14.2. The van der Waals surface area contributed by atoms with Gasteiger partial charge >= 0.3 is 6.03 Å². The number of amides is 2. The second-order valence-electron chi connectivity index (χ2n) is 5.88. The molecule has 2 aromatic carbocycles. The van der Waals surface area contributed by atoms with Crippen molar-refractivity contribution in [1.82, 2.24) is 4.98 Å². The Morgan fingerprint density at radius 3 is 2.16 bits per heavy atom. The fourth-order valence-electron chi connectivity index (χ4n) is 2.56. The number of anilines is 4. The lowest BCUT2D eigenvalue weighted by atomic mass is 10.1. The van der Waals surface area contributed by atoms with Gasteiger partial charge in [-0.05, 0) is 61.4 Å². The first-order valence-electron chi connectivity index (χ1n) is 8.03. The van der Waals surface area contributed by atoms with Crippen molar-refractivity contribution in [3.05, 3.63) is 78.0 Å². The highest BCUT2D eigenvalue weighted by atomic mass is 16.2. The topological polar surface area (TPSA) is 66.0 Å². The van der Waals surface area contributed by atoms with Gasteiger partial charge in [0.1, 0.15) is 5.82 Å². The van der Waals surface area contributed by atoms with Crippen molar-refractivity contribution in [2.24, 2.45) is 0 Å². The SMILES string of the molecule is Cc1cc(C)cc(Nc2ccc(NC(=O)Nc3ccccc3)nc2)c1. The van der Waals surface area contributed by atoms with Gasteiger partial charge in [0.05, 0.1) is 11.9 Å². The Kier molecular flexibility index (Phi) is 4.95. The van der Waals surface area contributed by atoms with Gasteiger partial charge in [-0.3, -0.25) is 5.32 Å². The Labute approximate surface area is 147 Å². The highest BCUT2D eigenvalue weighted by Crippen LogP contribution is 2.20. The summed E-state index contributed by atoms with van der Waals surface area (Å²) in [5.74, 6) is 0.486. The molecule has 0 aliphatic carbocycles. The van der Waals surface area contributed by atoms with E-state index in [1.807, 2.05) is 36.4 Å². The molecule has 0 saturated carbocycles. The van der Waals surface area contributed by atoms with E-state index in [-0.39, 0.29) is 6.03 Å². The third-order valence-corrected chi connectivity index (χ3v) is 3.55. The molecule has 5 heteroatoms. The van der Waals surface area contributed by atoms with Crippen LogP contribution in [0.15, 0.2) is 66.9 Å². The molecule has 0 aliphatic rings. The number of aryl methyl sites for hydroxylation is 2. The van der Waals surface area contributed by atoms with E-state index in [9.17, 15) is 4.79 Å². The predicted molar refractivity (Wildman–Crippen MR) is 103 cm³/mol. The molecular formula is C20H20N4O. The number of pyridine rings is 1. The van der Waals surface area contributed by atoms with Crippen molar-refractivity contribution in [2.75, 3.05) is 16.0 Å². The van der Waals surface area contributed by atoms with Gasteiger partial charge in [-0.2, -0.15) is 0 Å². The number of rotatable bonds is 4. The second kappa shape index (κ2) is 7.49. The Bertz CT molecular complexity index is 840. The summed E-state index contributed by atoms with van der Waals surface area (Å²) in [4.78, 5) is 16.2. The molecule has 0 spiro atoms. The molecule has 25 heavy (non-hydrogen) atoms. The van der Waals surface area contributed by atoms with Crippen LogP contribution in [0.2, 0.25) is 0 Å². The average molecular weight is 332 g/mol. The first-order chi connectivity index (χ1) is 12.1. The molecule has 0 radical (unpaired) electrons. The van der Waals surface area contributed by atoms with Gasteiger partial charge < -0.3 is 10.6 Å². The van der Waals surface area contributed by atoms with Crippen LogP contribution in [0.1, 0.15) is 11.1 Å². The number of nitrogens with one attached hydrogen (secondary N) is 3. The molecule has 2 amide bonds. The Morgan fingerprint density at radius 1 is 0.800 bits per heavy atom. The molecule has 3 aromatic rings. The molecule has 0 unspecified atom stereocenters. The van der Waals surface area contributed by atoms with E-state index in [4.69, 9.17) is 0 Å². The first-order valence-corrected chi connectivity index (χ1v) is 8.03. The summed E-state index contributed by atoms with van der Waals surface area (Å²) in [6.07, 6.45) is 1.69. The van der Waals surface area contributed by atoms with Crippen molar-refractivity contribution >= 4 is 28.9 Å². The quantitative estimate of drug-likeness (QED) is 0.624. The van der Waals surface area contributed by atoms with Gasteiger partial charge in [0.25, 0.3) is 0 Å². The summed E-state index contributed by atoms with van der Waals surface area (Å²) in [6.45, 7) is 4.13. The number of urea groups is 1. The van der Waals surface area contributed by atoms with Gasteiger partial charge in [-0.15, -0.1) is 0 Å². The second-order valence-corrected chi connectivity index (χ2v) is 5.88. The maximum absolute atomic E-state index is 12.0. The monoisotopic (exact) mass is 332 g/mol. The number of carbonyl (C=O) groups is 1. The Balaban J connectivity index is 1.61. The third-order valence-electron chi connectivity index (χ3n) is 3.55. The summed E-state index contributed by atoms with van der Waals surface area (Å²) in [5, 5.41) is 8.78. The van der Waals surface area contributed by atoms with Crippen LogP contribution >= 0.6 is 0 Å². The smallest absolute Gasteiger partial charge is 0.324 e. The van der Waals surface area contributed by atoms with Gasteiger partial charge in [0, 0.05) is 11.4 Å². The summed E-state index contributed by atoms with van der Waals surface area (Å²) in [5.41, 5.74) is 5.01. The van der Waals surface area contributed by atoms with Crippen molar-refractivity contribution in [3.8, 4) is 0 Å². The fourth-order valence-corrected chi connectivity index (χ4v) is 2.56. The van der Waals surface area contributed by atoms with Gasteiger partial charge in [0.2, 0.25) is 0 Å². The number of aromatic nitrogens is 1. The van der Waals surface area contributed by atoms with Gasteiger partial charge in [0.15, 0.2) is 0 Å². The zero-order chi connectivity index (χ0) is 17.6. The van der Waals surface area contributed by atoms with Crippen LogP contribution in [-0.4, -0.2) is 11.0 Å². The standard InChI is InChI=1S/C20H20N4O/c1-14-10-15(2)12-18(11-14)22-17-8-9-19(21-13-17)24-20(25)23-16-6-4-3-5-7-16/h3-13,22H,1-2H3,(H2,21,23,24,25). The normalized spacial score (nSPS) is 10.2. The minimum Gasteiger partial charge on any atom is -0.354 e. The first kappa shape index (κ1) is 16.5. The van der Waals surface area contributed by atoms with E-state index in [1.165, 1.54) is 11.1 Å². The lowest BCUT2D eigenvalue weighted by molar-refractivity contribution is 0.262. The van der Waals surface area contributed by atoms with Crippen LogP contribution in [0.5, 0.6) is 0 Å². The van der Waals surface area contributed by atoms with Crippen molar-refractivity contribution in [3.63, 3.8) is 0 Å². The molecule has 1 heterocycles. The number of para-hydroxylation sites is 1. The van der Waals surface area contributed by atoms with E-state index in [0.717, 1.165) is 17.1 Å². The van der Waals surface area contributed by atoms with E-state index < -0.39 is 0 Å². The molecule has 3 rings (SSSR count). The number of hydrogen-bond acceptors (Lipinski definition) is 3. The maximum Gasteiger partial charge on any atom is 0.324 e. The van der Waals surface area contributed by atoms with E-state index >= 15 is 0 Å². The van der Waals surface area contributed by atoms with Crippen LogP contribution < -0.4 is 16.0 Å². The lowest BCUT2D eigenvalue weighted by Gasteiger charge is -2.10. The lowest BCUT2D eigenvalue weighted by Crippen LogP contribution is -2.19. The van der Waals surface area contributed by atoms with Crippen LogP contribution in [-0.2, 0) is 0 Å². The summed E-state index contributed by atoms with van der Waals surface area (Å²) in [6, 6.07) is 18.9. The fraction of sp³-hybridized carbons (Fsp3) is 0.100. The zero-order valence-corrected chi connectivity index (χ0v) is 14.2. The summed E-state index contributed by atoms with van der Waals surface area (Å²) >= 11 is 0. The van der Waals surface area contributed by atoms with Crippen LogP contribution in [0.3, 0.4) is 0 Å². The predicted octanol–water partition coefficient (Wildman–Crippen LogP) is 5.09. The minimum absolute atomic E-state index is 0.325. The van der Waals surface area contributed by atoms with E-state index in [0.29, 0.717) is 5.82 Å². The summed E-state index contributed by atoms with van der Waals surface area (Å²) in [7, 11) is 0. The molecule has 0 bridgehead atoms. The Morgan fingerprint density at radius 2 is 1.52 bits per heavy atom. The molecule has 0 saturated heterocycles. The molecule has 126 valence electrons. The van der Waals surface area contributed by atoms with Crippen LogP contribution in [0.4, 0.5) is 27.7 Å². The van der Waals surface area contributed by atoms with Crippen LogP contribution in [0.25, 0.3) is 0 Å². The number of nitrogens with zero attached hydrogens (tertiary/aromatic N) is 1. The molecule has 0 fully saturated rings. The molecule has 3 N–H and O–H groups in total. The molecule has 0 aliphatic heterocycles. The number of benzene rings is 2. The largest absolute Gasteiger partial charge is 0.354 e. The van der Waals surface area contributed by atoms with Crippen LogP contribution in [0, 0.1) is 13.8 Å². The maximum atomic E-state index is 12.0. The highest BCUT2D eigenvalue weighted by Gasteiger charge is 2.04.